The molecule has 0 spiro atoms. The third-order valence-electron chi connectivity index (χ3n) is 3.87. The number of aromatic hydroxyl groups is 1. The molecule has 2 aliphatic heterocycles. The van der Waals surface area contributed by atoms with Crippen molar-refractivity contribution >= 4 is 5.69 Å². The maximum absolute atomic E-state index is 9.92. The van der Waals surface area contributed by atoms with E-state index in [0.29, 0.717) is 17.8 Å². The van der Waals surface area contributed by atoms with Gasteiger partial charge in [-0.1, -0.05) is 6.07 Å². The molecule has 2 aliphatic rings. The molecule has 1 aromatic rings. The van der Waals surface area contributed by atoms with Crippen LogP contribution in [-0.2, 0) is 4.74 Å². The van der Waals surface area contributed by atoms with E-state index in [1.54, 1.807) is 19.1 Å². The summed E-state index contributed by atoms with van der Waals surface area (Å²) in [7, 11) is 0. The van der Waals surface area contributed by atoms with Crippen molar-refractivity contribution in [2.75, 3.05) is 18.0 Å². The van der Waals surface area contributed by atoms with Gasteiger partial charge >= 0.3 is 0 Å². The number of phenolic OH excluding ortho intramolecular Hbond substituents is 1. The van der Waals surface area contributed by atoms with E-state index >= 15 is 0 Å². The standard InChI is InChI=1S/C14H19NO3/c1-9(16)13-5-2-10(6-14(13)17)15-7-11-3-4-12(8-15)18-11/h2,5-6,9,11-12,16-17H,3-4,7-8H2,1H3. The number of aliphatic hydroxyl groups is 1. The number of benzene rings is 1. The molecule has 2 N–H and O–H groups in total. The quantitative estimate of drug-likeness (QED) is 0.839. The average Bonchev–Trinajstić information content (AvgIpc) is 2.67. The average molecular weight is 249 g/mol. The lowest BCUT2D eigenvalue weighted by Crippen LogP contribution is -2.42. The molecule has 0 radical (unpaired) electrons. The summed E-state index contributed by atoms with van der Waals surface area (Å²) in [4.78, 5) is 2.26. The van der Waals surface area contributed by atoms with Crippen LogP contribution in [0.25, 0.3) is 0 Å². The summed E-state index contributed by atoms with van der Waals surface area (Å²) in [6.45, 7) is 3.44. The van der Waals surface area contributed by atoms with Crippen LogP contribution >= 0.6 is 0 Å². The zero-order valence-corrected chi connectivity index (χ0v) is 10.5. The molecule has 18 heavy (non-hydrogen) atoms. The highest BCUT2D eigenvalue weighted by Gasteiger charge is 2.33. The summed E-state index contributed by atoms with van der Waals surface area (Å²) in [6, 6.07) is 5.51. The second-order valence-corrected chi connectivity index (χ2v) is 5.28. The van der Waals surface area contributed by atoms with Crippen LogP contribution < -0.4 is 4.90 Å². The smallest absolute Gasteiger partial charge is 0.123 e. The highest BCUT2D eigenvalue weighted by Crippen LogP contribution is 2.33. The van der Waals surface area contributed by atoms with Crippen molar-refractivity contribution in [1.29, 1.82) is 0 Å². The Bertz CT molecular complexity index is 435. The van der Waals surface area contributed by atoms with Gasteiger partial charge in [-0.05, 0) is 25.8 Å². The molecule has 4 heteroatoms. The van der Waals surface area contributed by atoms with Crippen LogP contribution in [0.3, 0.4) is 0 Å². The third-order valence-corrected chi connectivity index (χ3v) is 3.87. The van der Waals surface area contributed by atoms with Crippen molar-refractivity contribution in [3.63, 3.8) is 0 Å². The summed E-state index contributed by atoms with van der Waals surface area (Å²) in [5, 5.41) is 19.4. The van der Waals surface area contributed by atoms with Crippen LogP contribution in [0, 0.1) is 0 Å². The number of rotatable bonds is 2. The molecule has 0 saturated carbocycles. The van der Waals surface area contributed by atoms with E-state index < -0.39 is 6.10 Å². The van der Waals surface area contributed by atoms with Crippen LogP contribution in [-0.4, -0.2) is 35.5 Å². The summed E-state index contributed by atoms with van der Waals surface area (Å²) < 4.78 is 5.80. The number of phenols is 1. The van der Waals surface area contributed by atoms with Gasteiger partial charge in [0.2, 0.25) is 0 Å². The van der Waals surface area contributed by atoms with Crippen molar-refractivity contribution < 1.29 is 14.9 Å². The first-order valence-corrected chi connectivity index (χ1v) is 6.55. The summed E-state index contributed by atoms with van der Waals surface area (Å²) in [6.07, 6.45) is 2.31. The van der Waals surface area contributed by atoms with E-state index in [-0.39, 0.29) is 5.75 Å². The van der Waals surface area contributed by atoms with Crippen molar-refractivity contribution in [3.8, 4) is 5.75 Å². The first-order chi connectivity index (χ1) is 8.63. The van der Waals surface area contributed by atoms with Gasteiger partial charge in [-0.15, -0.1) is 0 Å². The Morgan fingerprint density at radius 3 is 2.50 bits per heavy atom. The predicted molar refractivity (Wildman–Crippen MR) is 68.8 cm³/mol. The van der Waals surface area contributed by atoms with E-state index in [0.717, 1.165) is 31.6 Å². The number of aliphatic hydroxyl groups excluding tert-OH is 1. The van der Waals surface area contributed by atoms with Gasteiger partial charge in [0, 0.05) is 30.4 Å². The molecular formula is C14H19NO3. The zero-order chi connectivity index (χ0) is 12.7. The Labute approximate surface area is 107 Å². The maximum atomic E-state index is 9.92. The molecule has 3 rings (SSSR count). The van der Waals surface area contributed by atoms with Gasteiger partial charge < -0.3 is 19.8 Å². The second kappa shape index (κ2) is 4.44. The normalized spacial score (nSPS) is 28.4. The fraction of sp³-hybridized carbons (Fsp3) is 0.571. The molecule has 3 atom stereocenters. The van der Waals surface area contributed by atoms with E-state index in [9.17, 15) is 10.2 Å². The van der Waals surface area contributed by atoms with E-state index in [1.807, 2.05) is 6.07 Å². The minimum Gasteiger partial charge on any atom is -0.507 e. The topological polar surface area (TPSA) is 52.9 Å². The monoisotopic (exact) mass is 249 g/mol. The van der Waals surface area contributed by atoms with Gasteiger partial charge in [-0.3, -0.25) is 0 Å². The van der Waals surface area contributed by atoms with Gasteiger partial charge in [0.05, 0.1) is 18.3 Å². The predicted octanol–water partition coefficient (Wildman–Crippen LogP) is 1.81. The van der Waals surface area contributed by atoms with E-state index in [4.69, 9.17) is 4.74 Å². The van der Waals surface area contributed by atoms with E-state index in [2.05, 4.69) is 4.90 Å². The molecule has 2 heterocycles. The molecule has 0 aliphatic carbocycles. The molecule has 2 saturated heterocycles. The van der Waals surface area contributed by atoms with Crippen LogP contribution in [0.2, 0.25) is 0 Å². The summed E-state index contributed by atoms with van der Waals surface area (Å²) in [5.74, 6) is 0.168. The van der Waals surface area contributed by atoms with Gasteiger partial charge in [0.15, 0.2) is 0 Å². The SMILES string of the molecule is CC(O)c1ccc(N2CC3CCC(C2)O3)cc1O. The highest BCUT2D eigenvalue weighted by molar-refractivity contribution is 5.54. The molecule has 0 amide bonds. The lowest BCUT2D eigenvalue weighted by Gasteiger charge is -2.34. The first kappa shape index (κ1) is 11.8. The minimum absolute atomic E-state index is 0.168. The number of anilines is 1. The number of fused-ring (bicyclic) bond motifs is 2. The molecule has 98 valence electrons. The van der Waals surface area contributed by atoms with Crippen LogP contribution in [0.1, 0.15) is 31.4 Å². The molecule has 1 aromatic carbocycles. The van der Waals surface area contributed by atoms with Crippen molar-refractivity contribution in [2.24, 2.45) is 0 Å². The largest absolute Gasteiger partial charge is 0.507 e. The number of nitrogens with zero attached hydrogens (tertiary/aromatic N) is 1. The Morgan fingerprint density at radius 2 is 1.94 bits per heavy atom. The first-order valence-electron chi connectivity index (χ1n) is 6.55. The molecule has 3 unspecified atom stereocenters. The molecule has 2 bridgehead atoms. The number of hydrogen-bond acceptors (Lipinski definition) is 4. The number of hydrogen-bond donors (Lipinski definition) is 2. The van der Waals surface area contributed by atoms with Crippen molar-refractivity contribution in [2.45, 2.75) is 38.1 Å². The molecular weight excluding hydrogens is 230 g/mol. The lowest BCUT2D eigenvalue weighted by molar-refractivity contribution is 0.0305. The fourth-order valence-electron chi connectivity index (χ4n) is 2.91. The summed E-state index contributed by atoms with van der Waals surface area (Å²) >= 11 is 0. The van der Waals surface area contributed by atoms with Crippen molar-refractivity contribution in [3.05, 3.63) is 23.8 Å². The molecule has 4 nitrogen and oxygen atoms in total. The number of morpholine rings is 1. The maximum Gasteiger partial charge on any atom is 0.123 e. The van der Waals surface area contributed by atoms with E-state index in [1.165, 1.54) is 0 Å². The van der Waals surface area contributed by atoms with Gasteiger partial charge in [-0.25, -0.2) is 0 Å². The zero-order valence-electron chi connectivity index (χ0n) is 10.5. The lowest BCUT2D eigenvalue weighted by atomic mass is 10.1. The third kappa shape index (κ3) is 2.06. The number of ether oxygens (including phenoxy) is 1. The van der Waals surface area contributed by atoms with Gasteiger partial charge in [0.1, 0.15) is 5.75 Å². The Hall–Kier alpha value is -1.26. The van der Waals surface area contributed by atoms with Gasteiger partial charge in [0.25, 0.3) is 0 Å². The molecule has 2 fully saturated rings. The van der Waals surface area contributed by atoms with Crippen LogP contribution in [0.4, 0.5) is 5.69 Å². The van der Waals surface area contributed by atoms with Crippen LogP contribution in [0.5, 0.6) is 5.75 Å². The van der Waals surface area contributed by atoms with Crippen molar-refractivity contribution in [1.82, 2.24) is 0 Å². The molecule has 0 aromatic heterocycles. The van der Waals surface area contributed by atoms with Gasteiger partial charge in [-0.2, -0.15) is 0 Å². The van der Waals surface area contributed by atoms with Crippen LogP contribution in [0.15, 0.2) is 18.2 Å². The fourth-order valence-corrected chi connectivity index (χ4v) is 2.91. The summed E-state index contributed by atoms with van der Waals surface area (Å²) in [5.41, 5.74) is 1.59. The Balaban J connectivity index is 1.82. The Kier molecular flexibility index (Phi) is 2.92. The highest BCUT2D eigenvalue weighted by atomic mass is 16.5. The minimum atomic E-state index is -0.639. The Morgan fingerprint density at radius 1 is 1.28 bits per heavy atom. The second-order valence-electron chi connectivity index (χ2n) is 5.28.